The van der Waals surface area contributed by atoms with E-state index in [1.807, 2.05) is 23.7 Å². The molecule has 0 spiro atoms. The zero-order chi connectivity index (χ0) is 17.1. The summed E-state index contributed by atoms with van der Waals surface area (Å²) in [5.41, 5.74) is 2.88. The van der Waals surface area contributed by atoms with E-state index in [0.29, 0.717) is 11.3 Å². The van der Waals surface area contributed by atoms with Crippen molar-refractivity contribution in [3.8, 4) is 0 Å². The molecule has 0 bridgehead atoms. The number of hydrogen-bond donors (Lipinski definition) is 1. The average molecular weight is 340 g/mol. The molecule has 1 aromatic carbocycles. The highest BCUT2D eigenvalue weighted by molar-refractivity contribution is 7.99. The lowest BCUT2D eigenvalue weighted by Crippen LogP contribution is -2.14. The van der Waals surface area contributed by atoms with Gasteiger partial charge in [0.25, 0.3) is 0 Å². The van der Waals surface area contributed by atoms with Gasteiger partial charge in [-0.2, -0.15) is 0 Å². The molecular formula is C17H16N4O2S. The first-order valence-corrected chi connectivity index (χ1v) is 8.34. The molecule has 3 aromatic rings. The number of amides is 1. The van der Waals surface area contributed by atoms with Crippen molar-refractivity contribution < 1.29 is 9.59 Å². The minimum atomic E-state index is -0.129. The molecule has 24 heavy (non-hydrogen) atoms. The number of aromatic nitrogens is 3. The minimum Gasteiger partial charge on any atom is -0.325 e. The van der Waals surface area contributed by atoms with Gasteiger partial charge in [0, 0.05) is 24.5 Å². The first-order chi connectivity index (χ1) is 11.5. The number of aryl methyl sites for hydroxylation is 1. The van der Waals surface area contributed by atoms with E-state index in [4.69, 9.17) is 0 Å². The van der Waals surface area contributed by atoms with Gasteiger partial charge in [0.2, 0.25) is 5.91 Å². The van der Waals surface area contributed by atoms with E-state index in [1.54, 1.807) is 30.5 Å². The van der Waals surface area contributed by atoms with Gasteiger partial charge in [0.05, 0.1) is 5.75 Å². The van der Waals surface area contributed by atoms with Crippen molar-refractivity contribution in [2.75, 3.05) is 11.1 Å². The lowest BCUT2D eigenvalue weighted by Gasteiger charge is -2.05. The van der Waals surface area contributed by atoms with Gasteiger partial charge in [-0.25, -0.2) is 9.97 Å². The topological polar surface area (TPSA) is 76.9 Å². The molecule has 0 aliphatic rings. The molecule has 2 aromatic heterocycles. The highest BCUT2D eigenvalue weighted by Crippen LogP contribution is 2.21. The van der Waals surface area contributed by atoms with Crippen molar-refractivity contribution in [3.63, 3.8) is 0 Å². The first kappa shape index (κ1) is 16.2. The molecule has 0 saturated carbocycles. The van der Waals surface area contributed by atoms with Crippen LogP contribution in [0.15, 0.2) is 47.8 Å². The number of pyridine rings is 1. The van der Waals surface area contributed by atoms with E-state index >= 15 is 0 Å². The van der Waals surface area contributed by atoms with Crippen LogP contribution in [0.4, 0.5) is 5.69 Å². The predicted molar refractivity (Wildman–Crippen MR) is 94.3 cm³/mol. The van der Waals surface area contributed by atoms with Crippen molar-refractivity contribution in [2.45, 2.75) is 12.1 Å². The Morgan fingerprint density at radius 2 is 1.96 bits per heavy atom. The smallest absolute Gasteiger partial charge is 0.234 e. The molecule has 3 rings (SSSR count). The largest absolute Gasteiger partial charge is 0.325 e. The fourth-order valence-electron chi connectivity index (χ4n) is 2.25. The number of fused-ring (bicyclic) bond motifs is 1. The fraction of sp³-hybridized carbons (Fsp3) is 0.176. The number of rotatable bonds is 5. The van der Waals surface area contributed by atoms with Crippen LogP contribution in [-0.4, -0.2) is 32.0 Å². The maximum absolute atomic E-state index is 12.1. The SMILES string of the molecule is CC(=O)c1ccc(NC(=O)CSc2nc3cccnc3n2C)cc1. The number of nitrogens with one attached hydrogen (secondary N) is 1. The molecule has 6 nitrogen and oxygen atoms in total. The van der Waals surface area contributed by atoms with Crippen molar-refractivity contribution >= 4 is 40.3 Å². The van der Waals surface area contributed by atoms with Crippen LogP contribution in [0.2, 0.25) is 0 Å². The van der Waals surface area contributed by atoms with Gasteiger partial charge >= 0.3 is 0 Å². The van der Waals surface area contributed by atoms with E-state index in [-0.39, 0.29) is 17.4 Å². The van der Waals surface area contributed by atoms with Gasteiger partial charge in [-0.3, -0.25) is 9.59 Å². The Labute approximate surface area is 143 Å². The quantitative estimate of drug-likeness (QED) is 0.571. The monoisotopic (exact) mass is 340 g/mol. The third-order valence-corrected chi connectivity index (χ3v) is 4.52. The van der Waals surface area contributed by atoms with Gasteiger partial charge < -0.3 is 9.88 Å². The molecule has 0 radical (unpaired) electrons. The summed E-state index contributed by atoms with van der Waals surface area (Å²) in [6.07, 6.45) is 1.72. The van der Waals surface area contributed by atoms with E-state index in [2.05, 4.69) is 15.3 Å². The second-order valence-electron chi connectivity index (χ2n) is 5.27. The molecular weight excluding hydrogens is 324 g/mol. The number of nitrogens with zero attached hydrogens (tertiary/aromatic N) is 3. The van der Waals surface area contributed by atoms with E-state index in [0.717, 1.165) is 16.3 Å². The highest BCUT2D eigenvalue weighted by atomic mass is 32.2. The zero-order valence-corrected chi connectivity index (χ0v) is 14.1. The Balaban J connectivity index is 1.62. The van der Waals surface area contributed by atoms with Crippen LogP contribution in [-0.2, 0) is 11.8 Å². The van der Waals surface area contributed by atoms with Gasteiger partial charge in [0.1, 0.15) is 5.52 Å². The Morgan fingerprint density at radius 1 is 1.21 bits per heavy atom. The second kappa shape index (κ2) is 6.84. The Bertz CT molecular complexity index is 903. The van der Waals surface area contributed by atoms with E-state index < -0.39 is 0 Å². The molecule has 7 heteroatoms. The first-order valence-electron chi connectivity index (χ1n) is 7.35. The number of hydrogen-bond acceptors (Lipinski definition) is 5. The van der Waals surface area contributed by atoms with Crippen LogP contribution < -0.4 is 5.32 Å². The minimum absolute atomic E-state index is 0.00103. The summed E-state index contributed by atoms with van der Waals surface area (Å²) in [6.45, 7) is 1.51. The summed E-state index contributed by atoms with van der Waals surface area (Å²) in [4.78, 5) is 32.1. The number of Topliss-reactive ketones (excluding diaryl/α,β-unsaturated/α-hetero) is 1. The van der Waals surface area contributed by atoms with Crippen LogP contribution in [0.1, 0.15) is 17.3 Å². The molecule has 1 N–H and O–H groups in total. The average Bonchev–Trinajstić information content (AvgIpc) is 2.90. The van der Waals surface area contributed by atoms with Gasteiger partial charge in [0.15, 0.2) is 16.6 Å². The van der Waals surface area contributed by atoms with Gasteiger partial charge in [-0.1, -0.05) is 11.8 Å². The van der Waals surface area contributed by atoms with Crippen LogP contribution in [0.5, 0.6) is 0 Å². The Morgan fingerprint density at radius 3 is 2.62 bits per heavy atom. The number of carbonyl (C=O) groups excluding carboxylic acids is 2. The number of thioether (sulfide) groups is 1. The molecule has 0 atom stereocenters. The summed E-state index contributed by atoms with van der Waals surface area (Å²) in [7, 11) is 1.88. The third-order valence-electron chi connectivity index (χ3n) is 3.49. The molecule has 0 aliphatic carbocycles. The summed E-state index contributed by atoms with van der Waals surface area (Å²) in [5, 5.41) is 3.55. The van der Waals surface area contributed by atoms with Crippen LogP contribution in [0, 0.1) is 0 Å². The number of ketones is 1. The maximum atomic E-state index is 12.1. The summed E-state index contributed by atoms with van der Waals surface area (Å²) in [6, 6.07) is 10.6. The second-order valence-corrected chi connectivity index (χ2v) is 6.21. The van der Waals surface area contributed by atoms with Crippen molar-refractivity contribution in [1.29, 1.82) is 0 Å². The number of benzene rings is 1. The number of carbonyl (C=O) groups is 2. The highest BCUT2D eigenvalue weighted by Gasteiger charge is 2.11. The van der Waals surface area contributed by atoms with E-state index in [1.165, 1.54) is 18.7 Å². The molecule has 0 fully saturated rings. The lowest BCUT2D eigenvalue weighted by atomic mass is 10.1. The normalized spacial score (nSPS) is 10.8. The zero-order valence-electron chi connectivity index (χ0n) is 13.3. The molecule has 0 aliphatic heterocycles. The predicted octanol–water partition coefficient (Wildman–Crippen LogP) is 2.90. The third kappa shape index (κ3) is 3.46. The molecule has 0 saturated heterocycles. The van der Waals surface area contributed by atoms with Crippen LogP contribution in [0.25, 0.3) is 11.2 Å². The molecule has 122 valence electrons. The number of anilines is 1. The van der Waals surface area contributed by atoms with Crippen molar-refractivity contribution in [2.24, 2.45) is 7.05 Å². The van der Waals surface area contributed by atoms with E-state index in [9.17, 15) is 9.59 Å². The fourth-order valence-corrected chi connectivity index (χ4v) is 3.02. The number of imidazole rings is 1. The molecule has 1 amide bonds. The summed E-state index contributed by atoms with van der Waals surface area (Å²) < 4.78 is 1.87. The molecule has 2 heterocycles. The van der Waals surface area contributed by atoms with Crippen molar-refractivity contribution in [1.82, 2.24) is 14.5 Å². The van der Waals surface area contributed by atoms with Crippen LogP contribution in [0.3, 0.4) is 0 Å². The standard InChI is InChI=1S/C17H16N4O2S/c1-11(22)12-5-7-13(8-6-12)19-15(23)10-24-17-20-14-4-3-9-18-16(14)21(17)2/h3-9H,10H2,1-2H3,(H,19,23). The van der Waals surface area contributed by atoms with Crippen LogP contribution >= 0.6 is 11.8 Å². The van der Waals surface area contributed by atoms with Gasteiger partial charge in [-0.15, -0.1) is 0 Å². The maximum Gasteiger partial charge on any atom is 0.234 e. The summed E-state index contributed by atoms with van der Waals surface area (Å²) >= 11 is 1.35. The molecule has 0 unspecified atom stereocenters. The summed E-state index contributed by atoms with van der Waals surface area (Å²) in [5.74, 6) is 0.112. The Kier molecular flexibility index (Phi) is 4.61. The van der Waals surface area contributed by atoms with Crippen molar-refractivity contribution in [3.05, 3.63) is 48.2 Å². The Hall–Kier alpha value is -2.67. The lowest BCUT2D eigenvalue weighted by molar-refractivity contribution is -0.113. The van der Waals surface area contributed by atoms with Gasteiger partial charge in [-0.05, 0) is 43.3 Å².